The molecule has 3 aromatic rings. The predicted molar refractivity (Wildman–Crippen MR) is 117 cm³/mol. The zero-order valence-electron chi connectivity index (χ0n) is 18.7. The van der Waals surface area contributed by atoms with E-state index in [1.807, 2.05) is 48.5 Å². The average molecular weight is 424 g/mol. The second-order valence-corrected chi connectivity index (χ2v) is 8.37. The lowest BCUT2D eigenvalue weighted by atomic mass is 9.86. The molecule has 7 nitrogen and oxygen atoms in total. The van der Waals surface area contributed by atoms with Crippen LogP contribution in [0.2, 0.25) is 0 Å². The largest absolute Gasteiger partial charge is 0.497 e. The number of benzene rings is 2. The van der Waals surface area contributed by atoms with E-state index in [-0.39, 0.29) is 17.9 Å². The molecule has 0 spiro atoms. The van der Waals surface area contributed by atoms with Crippen LogP contribution in [-0.2, 0) is 18.4 Å². The summed E-state index contributed by atoms with van der Waals surface area (Å²) in [5.41, 5.74) is 1.92. The van der Waals surface area contributed by atoms with E-state index >= 15 is 0 Å². The molecule has 1 amide bonds. The third kappa shape index (κ3) is 6.07. The minimum Gasteiger partial charge on any atom is -0.497 e. The molecule has 0 aliphatic rings. The Morgan fingerprint density at radius 2 is 1.68 bits per heavy atom. The van der Waals surface area contributed by atoms with E-state index in [2.05, 4.69) is 30.9 Å². The van der Waals surface area contributed by atoms with Crippen LogP contribution in [0.15, 0.2) is 53.1 Å². The molecule has 7 heteroatoms. The molecular weight excluding hydrogens is 394 g/mol. The third-order valence-electron chi connectivity index (χ3n) is 4.95. The first-order valence-corrected chi connectivity index (χ1v) is 10.2. The molecule has 0 atom stereocenters. The number of hydrogen-bond donors (Lipinski definition) is 0. The second-order valence-electron chi connectivity index (χ2n) is 8.37. The molecular formula is C24H29N3O4. The molecule has 1 aromatic heterocycles. The normalized spacial score (nSPS) is 11.3. The third-order valence-corrected chi connectivity index (χ3v) is 4.95. The Morgan fingerprint density at radius 1 is 1.03 bits per heavy atom. The molecule has 0 bridgehead atoms. The maximum atomic E-state index is 12.7. The van der Waals surface area contributed by atoms with E-state index in [1.54, 1.807) is 19.1 Å². The van der Waals surface area contributed by atoms with Gasteiger partial charge in [-0.15, -0.1) is 0 Å². The highest BCUT2D eigenvalue weighted by atomic mass is 16.5. The highest BCUT2D eigenvalue weighted by molar-refractivity contribution is 5.94. The average Bonchev–Trinajstić information content (AvgIpc) is 3.23. The van der Waals surface area contributed by atoms with Gasteiger partial charge >= 0.3 is 0 Å². The number of carbonyl (C=O) groups excluding carboxylic acids is 1. The molecule has 0 radical (unpaired) electrons. The number of aromatic nitrogens is 2. The highest BCUT2D eigenvalue weighted by Gasteiger charge is 2.17. The van der Waals surface area contributed by atoms with Gasteiger partial charge in [0, 0.05) is 25.6 Å². The lowest BCUT2D eigenvalue weighted by Gasteiger charge is -2.20. The monoisotopic (exact) mass is 423 g/mol. The summed E-state index contributed by atoms with van der Waals surface area (Å²) in [6.07, 6.45) is 0.494. The minimum absolute atomic E-state index is 0.0352. The number of nitrogens with zero attached hydrogens (tertiary/aromatic N) is 3. The van der Waals surface area contributed by atoms with Gasteiger partial charge in [0.2, 0.25) is 0 Å². The minimum atomic E-state index is -0.0352. The van der Waals surface area contributed by atoms with Gasteiger partial charge in [-0.25, -0.2) is 0 Å². The molecule has 0 aliphatic heterocycles. The van der Waals surface area contributed by atoms with Gasteiger partial charge in [0.1, 0.15) is 11.5 Å². The van der Waals surface area contributed by atoms with Crippen molar-refractivity contribution in [3.8, 4) is 11.5 Å². The number of hydrogen-bond acceptors (Lipinski definition) is 6. The molecule has 0 fully saturated rings. The van der Waals surface area contributed by atoms with E-state index in [9.17, 15) is 4.79 Å². The van der Waals surface area contributed by atoms with Crippen molar-refractivity contribution in [3.05, 3.63) is 71.4 Å². The summed E-state index contributed by atoms with van der Waals surface area (Å²) in [6.45, 7) is 7.11. The number of carbonyl (C=O) groups is 1. The number of methoxy groups -OCH3 is 1. The van der Waals surface area contributed by atoms with Gasteiger partial charge in [0.25, 0.3) is 11.8 Å². The lowest BCUT2D eigenvalue weighted by molar-refractivity contribution is 0.0795. The van der Waals surface area contributed by atoms with E-state index in [0.29, 0.717) is 36.0 Å². The topological polar surface area (TPSA) is 77.7 Å². The Hall–Kier alpha value is -3.35. The van der Waals surface area contributed by atoms with Gasteiger partial charge in [-0.3, -0.25) is 4.79 Å². The zero-order valence-corrected chi connectivity index (χ0v) is 18.7. The number of likely N-dealkylation sites (N-methyl/N-ethyl adjacent to an activating group) is 1. The quantitative estimate of drug-likeness (QED) is 0.538. The van der Waals surface area contributed by atoms with Crippen molar-refractivity contribution in [3.63, 3.8) is 0 Å². The van der Waals surface area contributed by atoms with Gasteiger partial charge < -0.3 is 18.9 Å². The first kappa shape index (κ1) is 22.3. The SMILES string of the molecule is COc1ccc(OCc2nc(CCN(C)C(=O)c3ccc(C(C)(C)C)cc3)no2)cc1. The van der Waals surface area contributed by atoms with Crippen molar-refractivity contribution >= 4 is 5.91 Å². The van der Waals surface area contributed by atoms with Crippen molar-refractivity contribution in [2.75, 3.05) is 20.7 Å². The van der Waals surface area contributed by atoms with Crippen molar-refractivity contribution in [2.45, 2.75) is 39.2 Å². The van der Waals surface area contributed by atoms with Crippen LogP contribution in [0.25, 0.3) is 0 Å². The summed E-state index contributed by atoms with van der Waals surface area (Å²) in [7, 11) is 3.39. The van der Waals surface area contributed by atoms with Gasteiger partial charge in [-0.1, -0.05) is 38.1 Å². The number of amides is 1. The Labute approximate surface area is 183 Å². The maximum absolute atomic E-state index is 12.7. The van der Waals surface area contributed by atoms with E-state index < -0.39 is 0 Å². The van der Waals surface area contributed by atoms with Gasteiger partial charge in [0.05, 0.1) is 7.11 Å². The molecule has 1 heterocycles. The summed E-state index contributed by atoms with van der Waals surface area (Å²) < 4.78 is 16.0. The summed E-state index contributed by atoms with van der Waals surface area (Å²) in [6, 6.07) is 15.0. The van der Waals surface area contributed by atoms with E-state index in [1.165, 1.54) is 5.56 Å². The summed E-state index contributed by atoms with van der Waals surface area (Å²) in [5.74, 6) is 2.33. The first-order valence-electron chi connectivity index (χ1n) is 10.2. The van der Waals surface area contributed by atoms with Gasteiger partial charge in [-0.05, 0) is 47.4 Å². The van der Waals surface area contributed by atoms with Crippen LogP contribution in [-0.4, -0.2) is 41.6 Å². The van der Waals surface area contributed by atoms with Gasteiger partial charge in [-0.2, -0.15) is 4.98 Å². The van der Waals surface area contributed by atoms with E-state index in [0.717, 1.165) is 5.75 Å². The lowest BCUT2D eigenvalue weighted by Crippen LogP contribution is -2.29. The zero-order chi connectivity index (χ0) is 22.4. The molecule has 0 saturated heterocycles. The Bertz CT molecular complexity index is 989. The summed E-state index contributed by atoms with van der Waals surface area (Å²) >= 11 is 0. The van der Waals surface area contributed by atoms with Crippen LogP contribution in [0.3, 0.4) is 0 Å². The molecule has 2 aromatic carbocycles. The fourth-order valence-corrected chi connectivity index (χ4v) is 2.97. The molecule has 0 unspecified atom stereocenters. The predicted octanol–water partition coefficient (Wildman–Crippen LogP) is 4.27. The smallest absolute Gasteiger partial charge is 0.264 e. The second kappa shape index (κ2) is 9.64. The molecule has 164 valence electrons. The number of ether oxygens (including phenoxy) is 2. The summed E-state index contributed by atoms with van der Waals surface area (Å²) in [5, 5.41) is 3.97. The van der Waals surface area contributed by atoms with Crippen molar-refractivity contribution in [1.29, 1.82) is 0 Å². The first-order chi connectivity index (χ1) is 14.8. The Kier molecular flexibility index (Phi) is 6.95. The fourth-order valence-electron chi connectivity index (χ4n) is 2.97. The van der Waals surface area contributed by atoms with Crippen molar-refractivity contribution in [2.24, 2.45) is 0 Å². The Morgan fingerprint density at radius 3 is 2.29 bits per heavy atom. The van der Waals surface area contributed by atoms with Crippen LogP contribution in [0.4, 0.5) is 0 Å². The van der Waals surface area contributed by atoms with Crippen LogP contribution in [0.1, 0.15) is 48.4 Å². The van der Waals surface area contributed by atoms with Crippen LogP contribution < -0.4 is 9.47 Å². The summed E-state index contributed by atoms with van der Waals surface area (Å²) in [4.78, 5) is 18.7. The van der Waals surface area contributed by atoms with Crippen LogP contribution in [0.5, 0.6) is 11.5 Å². The van der Waals surface area contributed by atoms with Crippen molar-refractivity contribution in [1.82, 2.24) is 15.0 Å². The van der Waals surface area contributed by atoms with Gasteiger partial charge in [0.15, 0.2) is 12.4 Å². The van der Waals surface area contributed by atoms with Crippen LogP contribution >= 0.6 is 0 Å². The Balaban J connectivity index is 1.49. The number of rotatable bonds is 8. The maximum Gasteiger partial charge on any atom is 0.264 e. The fraction of sp³-hybridized carbons (Fsp3) is 0.375. The molecule has 0 aliphatic carbocycles. The highest BCUT2D eigenvalue weighted by Crippen LogP contribution is 2.22. The standard InChI is InChI=1S/C24H29N3O4/c1-24(2,3)18-8-6-17(7-9-18)23(28)27(4)15-14-21-25-22(31-26-21)16-30-20-12-10-19(29-5)11-13-20/h6-13H,14-16H2,1-5H3. The molecule has 31 heavy (non-hydrogen) atoms. The molecule has 0 saturated carbocycles. The molecule has 0 N–H and O–H groups in total. The van der Waals surface area contributed by atoms with Crippen LogP contribution in [0, 0.1) is 0 Å². The van der Waals surface area contributed by atoms with E-state index in [4.69, 9.17) is 14.0 Å². The van der Waals surface area contributed by atoms with Crippen molar-refractivity contribution < 1.29 is 18.8 Å². The molecule has 3 rings (SSSR count).